The first-order chi connectivity index (χ1) is 9.56. The molecule has 0 amide bonds. The molecule has 1 heterocycles. The van der Waals surface area contributed by atoms with Crippen molar-refractivity contribution in [3.63, 3.8) is 0 Å². The summed E-state index contributed by atoms with van der Waals surface area (Å²) in [5.41, 5.74) is 0.548. The maximum absolute atomic E-state index is 12.2. The number of benzene rings is 1. The van der Waals surface area contributed by atoms with Crippen molar-refractivity contribution < 1.29 is 0 Å². The van der Waals surface area contributed by atoms with E-state index in [0.717, 1.165) is 18.4 Å². The zero-order valence-corrected chi connectivity index (χ0v) is 11.9. The van der Waals surface area contributed by atoms with Crippen LogP contribution in [-0.4, -0.2) is 9.13 Å². The number of halogens is 1. The molecule has 1 aliphatic carbocycles. The fourth-order valence-corrected chi connectivity index (χ4v) is 2.43. The normalized spacial score (nSPS) is 14.5. The van der Waals surface area contributed by atoms with Crippen LogP contribution in [0.3, 0.4) is 0 Å². The highest BCUT2D eigenvalue weighted by molar-refractivity contribution is 6.30. The Hall–Kier alpha value is -1.81. The number of aromatic nitrogens is 2. The molecule has 3 rings (SSSR count). The van der Waals surface area contributed by atoms with E-state index >= 15 is 0 Å². The summed E-state index contributed by atoms with van der Waals surface area (Å²) in [7, 11) is 0. The van der Waals surface area contributed by atoms with Crippen LogP contribution in [0.5, 0.6) is 0 Å². The van der Waals surface area contributed by atoms with Gasteiger partial charge in [0.25, 0.3) is 0 Å². The van der Waals surface area contributed by atoms with Crippen LogP contribution < -0.4 is 11.1 Å². The summed E-state index contributed by atoms with van der Waals surface area (Å²) in [5, 5.41) is 0.541. The van der Waals surface area contributed by atoms with E-state index in [0.29, 0.717) is 23.2 Å². The Morgan fingerprint density at radius 3 is 2.65 bits per heavy atom. The van der Waals surface area contributed by atoms with E-state index < -0.39 is 11.1 Å². The van der Waals surface area contributed by atoms with Gasteiger partial charge in [-0.2, -0.15) is 0 Å². The van der Waals surface area contributed by atoms with Crippen molar-refractivity contribution in [3.05, 3.63) is 61.9 Å². The van der Waals surface area contributed by atoms with Crippen LogP contribution in [0, 0.1) is 12.8 Å². The average Bonchev–Trinajstić information content (AvgIpc) is 3.23. The number of nitrogens with zero attached hydrogens (tertiary/aromatic N) is 2. The molecular formula is C15H15ClN2O2. The van der Waals surface area contributed by atoms with Gasteiger partial charge >= 0.3 is 11.1 Å². The van der Waals surface area contributed by atoms with Crippen LogP contribution in [0.25, 0.3) is 5.69 Å². The van der Waals surface area contributed by atoms with E-state index in [2.05, 4.69) is 0 Å². The minimum atomic E-state index is -0.529. The van der Waals surface area contributed by atoms with Crippen molar-refractivity contribution in [1.82, 2.24) is 9.13 Å². The number of hydrogen-bond acceptors (Lipinski definition) is 2. The minimum absolute atomic E-state index is 0.473. The highest BCUT2D eigenvalue weighted by Crippen LogP contribution is 2.29. The number of hydrogen-bond donors (Lipinski definition) is 0. The van der Waals surface area contributed by atoms with Gasteiger partial charge in [0.05, 0.1) is 5.69 Å². The highest BCUT2D eigenvalue weighted by Gasteiger charge is 2.22. The third-order valence-electron chi connectivity index (χ3n) is 3.64. The molecule has 104 valence electrons. The van der Waals surface area contributed by atoms with Crippen molar-refractivity contribution in [2.45, 2.75) is 26.3 Å². The molecule has 0 radical (unpaired) electrons. The van der Waals surface area contributed by atoms with Crippen molar-refractivity contribution in [3.8, 4) is 5.69 Å². The van der Waals surface area contributed by atoms with Crippen LogP contribution >= 0.6 is 11.6 Å². The summed E-state index contributed by atoms with van der Waals surface area (Å²) in [6.07, 6.45) is 5.61. The zero-order valence-electron chi connectivity index (χ0n) is 11.2. The van der Waals surface area contributed by atoms with Gasteiger partial charge < -0.3 is 4.57 Å². The molecule has 1 aliphatic rings. The van der Waals surface area contributed by atoms with E-state index in [4.69, 9.17) is 11.6 Å². The van der Waals surface area contributed by atoms with Crippen LogP contribution in [0.15, 0.2) is 40.2 Å². The summed E-state index contributed by atoms with van der Waals surface area (Å²) in [6, 6.07) is 5.29. The van der Waals surface area contributed by atoms with Gasteiger partial charge in [0.1, 0.15) is 0 Å². The Labute approximate surface area is 121 Å². The van der Waals surface area contributed by atoms with Crippen molar-refractivity contribution >= 4 is 11.6 Å². The predicted octanol–water partition coefficient (Wildman–Crippen LogP) is 2.37. The fraction of sp³-hybridized carbons (Fsp3) is 0.333. The molecule has 20 heavy (non-hydrogen) atoms. The van der Waals surface area contributed by atoms with Crippen molar-refractivity contribution in [2.24, 2.45) is 5.92 Å². The Morgan fingerprint density at radius 1 is 1.20 bits per heavy atom. The molecule has 0 aliphatic heterocycles. The lowest BCUT2D eigenvalue weighted by atomic mass is 10.2. The quantitative estimate of drug-likeness (QED) is 0.815. The van der Waals surface area contributed by atoms with Gasteiger partial charge in [-0.05, 0) is 43.4 Å². The topological polar surface area (TPSA) is 44.0 Å². The lowest BCUT2D eigenvalue weighted by molar-refractivity contribution is 0.591. The average molecular weight is 291 g/mol. The Kier molecular flexibility index (Phi) is 3.26. The largest absolute Gasteiger partial charge is 0.320 e. The molecule has 4 nitrogen and oxygen atoms in total. The molecule has 0 spiro atoms. The van der Waals surface area contributed by atoms with Crippen LogP contribution in [0.1, 0.15) is 18.4 Å². The zero-order chi connectivity index (χ0) is 14.3. The Balaban J connectivity index is 2.10. The van der Waals surface area contributed by atoms with Crippen LogP contribution in [0.4, 0.5) is 0 Å². The van der Waals surface area contributed by atoms with Gasteiger partial charge in [-0.15, -0.1) is 0 Å². The van der Waals surface area contributed by atoms with E-state index in [-0.39, 0.29) is 0 Å². The van der Waals surface area contributed by atoms with E-state index in [9.17, 15) is 9.59 Å². The molecule has 0 bridgehead atoms. The van der Waals surface area contributed by atoms with Crippen molar-refractivity contribution in [2.75, 3.05) is 0 Å². The van der Waals surface area contributed by atoms with Gasteiger partial charge in [-0.25, -0.2) is 0 Å². The standard InChI is InChI=1S/C15H15ClN2O2/c1-10-2-5-12(16)8-13(10)18-7-6-17(9-11-3-4-11)14(19)15(18)20/h2,5-8,11H,3-4,9H2,1H3. The molecule has 1 aromatic carbocycles. The minimum Gasteiger partial charge on any atom is -0.309 e. The van der Waals surface area contributed by atoms with E-state index in [1.165, 1.54) is 9.13 Å². The smallest absolute Gasteiger partial charge is 0.309 e. The molecule has 5 heteroatoms. The van der Waals surface area contributed by atoms with Gasteiger partial charge in [0.2, 0.25) is 0 Å². The molecule has 0 atom stereocenters. The second kappa shape index (κ2) is 4.94. The molecular weight excluding hydrogens is 276 g/mol. The fourth-order valence-electron chi connectivity index (χ4n) is 2.26. The third-order valence-corrected chi connectivity index (χ3v) is 3.88. The maximum atomic E-state index is 12.2. The first-order valence-corrected chi connectivity index (χ1v) is 7.02. The van der Waals surface area contributed by atoms with Gasteiger partial charge in [-0.1, -0.05) is 17.7 Å². The molecule has 1 fully saturated rings. The second-order valence-electron chi connectivity index (χ2n) is 5.30. The molecule has 2 aromatic rings. The molecule has 1 aromatic heterocycles. The molecule has 1 saturated carbocycles. The Bertz CT molecular complexity index is 772. The molecule has 0 N–H and O–H groups in total. The lowest BCUT2D eigenvalue weighted by Gasteiger charge is -2.11. The third kappa shape index (κ3) is 2.43. The van der Waals surface area contributed by atoms with E-state index in [1.807, 2.05) is 13.0 Å². The monoisotopic (exact) mass is 290 g/mol. The summed E-state index contributed by atoms with van der Waals surface area (Å²) < 4.78 is 2.88. The Morgan fingerprint density at radius 2 is 1.95 bits per heavy atom. The summed E-state index contributed by atoms with van der Waals surface area (Å²) in [6.45, 7) is 2.53. The SMILES string of the molecule is Cc1ccc(Cl)cc1-n1ccn(CC2CC2)c(=O)c1=O. The predicted molar refractivity (Wildman–Crippen MR) is 78.8 cm³/mol. The van der Waals surface area contributed by atoms with Gasteiger partial charge in [-0.3, -0.25) is 14.2 Å². The summed E-state index contributed by atoms with van der Waals surface area (Å²) in [5.74, 6) is 0.552. The highest BCUT2D eigenvalue weighted by atomic mass is 35.5. The number of aryl methyl sites for hydroxylation is 1. The molecule has 0 saturated heterocycles. The van der Waals surface area contributed by atoms with Crippen LogP contribution in [-0.2, 0) is 6.54 Å². The second-order valence-corrected chi connectivity index (χ2v) is 5.74. The van der Waals surface area contributed by atoms with Gasteiger partial charge in [0.15, 0.2) is 0 Å². The lowest BCUT2D eigenvalue weighted by Crippen LogP contribution is -2.40. The summed E-state index contributed by atoms with van der Waals surface area (Å²) >= 11 is 5.97. The van der Waals surface area contributed by atoms with Crippen molar-refractivity contribution in [1.29, 1.82) is 0 Å². The molecule has 0 unspecified atom stereocenters. The van der Waals surface area contributed by atoms with Gasteiger partial charge in [0, 0.05) is 24.0 Å². The first-order valence-electron chi connectivity index (χ1n) is 6.65. The van der Waals surface area contributed by atoms with Crippen LogP contribution in [0.2, 0.25) is 5.02 Å². The maximum Gasteiger partial charge on any atom is 0.320 e. The van der Waals surface area contributed by atoms with E-state index in [1.54, 1.807) is 24.5 Å². The summed E-state index contributed by atoms with van der Waals surface area (Å²) in [4.78, 5) is 24.4. The number of rotatable bonds is 3. The first kappa shape index (κ1) is 13.2.